The van der Waals surface area contributed by atoms with E-state index in [0.29, 0.717) is 24.7 Å². The maximum atomic E-state index is 9.62. The van der Waals surface area contributed by atoms with Gasteiger partial charge in [-0.25, -0.2) is 0 Å². The van der Waals surface area contributed by atoms with Crippen molar-refractivity contribution in [1.29, 1.82) is 0 Å². The summed E-state index contributed by atoms with van der Waals surface area (Å²) >= 11 is 0. The first-order chi connectivity index (χ1) is 9.83. The fourth-order valence-electron chi connectivity index (χ4n) is 3.08. The first kappa shape index (κ1) is 19.2. The smallest absolute Gasteiger partial charge is 0.108 e. The van der Waals surface area contributed by atoms with Gasteiger partial charge in [-0.2, -0.15) is 0 Å². The van der Waals surface area contributed by atoms with Crippen molar-refractivity contribution < 1.29 is 30.1 Å². The molecule has 0 aliphatic heterocycles. The third-order valence-corrected chi connectivity index (χ3v) is 5.14. The van der Waals surface area contributed by atoms with Gasteiger partial charge in [-0.05, 0) is 31.1 Å². The fraction of sp³-hybridized carbons (Fsp3) is 1.00. The average molecular weight is 324 g/mol. The molecule has 21 heavy (non-hydrogen) atoms. The Hall–Kier alpha value is 0.190. The van der Waals surface area contributed by atoms with Crippen molar-refractivity contribution in [2.24, 2.45) is 11.8 Å². The highest BCUT2D eigenvalue weighted by molar-refractivity contribution is 7.09. The molecule has 0 aromatic heterocycles. The van der Waals surface area contributed by atoms with Crippen molar-refractivity contribution in [3.63, 3.8) is 0 Å². The van der Waals surface area contributed by atoms with Gasteiger partial charge >= 0.3 is 0 Å². The molecule has 0 aromatic carbocycles. The molecular formula is C14H29O6P. The highest BCUT2D eigenvalue weighted by Gasteiger charge is 2.38. The zero-order valence-electron chi connectivity index (χ0n) is 12.7. The summed E-state index contributed by atoms with van der Waals surface area (Å²) in [7, 11) is 2.24. The van der Waals surface area contributed by atoms with E-state index in [0.717, 1.165) is 12.8 Å². The van der Waals surface area contributed by atoms with Crippen LogP contribution in [0.2, 0.25) is 0 Å². The van der Waals surface area contributed by atoms with Gasteiger partial charge in [0, 0.05) is 9.47 Å². The Bertz CT molecular complexity index is 273. The molecule has 2 fully saturated rings. The van der Waals surface area contributed by atoms with Crippen molar-refractivity contribution in [2.75, 3.05) is 0 Å². The van der Waals surface area contributed by atoms with E-state index in [-0.39, 0.29) is 12.2 Å². The highest BCUT2D eigenvalue weighted by atomic mass is 31.0. The zero-order valence-corrected chi connectivity index (χ0v) is 13.8. The second-order valence-corrected chi connectivity index (χ2v) is 6.39. The molecular weight excluding hydrogens is 295 g/mol. The SMILES string of the molecule is CC[C@H]1CC(OP)C(O)C1C.OC1CCC(O)C(O)C1O. The number of rotatable bonds is 2. The standard InChI is InChI=1S/C8H17O2P.C6H12O4/c1-3-6-4-7(10-11)8(9)5(6)2;7-3-1-2-4(8)6(10)5(3)9/h5-9H,3-4,11H2,1-2H3;3-10H,1-2H2/t5?,6-,7?,8?;/m0./s1. The molecule has 0 radical (unpaired) electrons. The summed E-state index contributed by atoms with van der Waals surface area (Å²) in [5.74, 6) is 1.03. The summed E-state index contributed by atoms with van der Waals surface area (Å²) in [6.07, 6.45) is -1.55. The Labute approximate surface area is 128 Å². The van der Waals surface area contributed by atoms with Crippen LogP contribution in [0.15, 0.2) is 0 Å². The van der Waals surface area contributed by atoms with Gasteiger partial charge in [0.05, 0.1) is 24.4 Å². The molecule has 0 saturated heterocycles. The van der Waals surface area contributed by atoms with Crippen LogP contribution in [0.3, 0.4) is 0 Å². The monoisotopic (exact) mass is 324 g/mol. The lowest BCUT2D eigenvalue weighted by molar-refractivity contribution is -0.135. The van der Waals surface area contributed by atoms with Gasteiger partial charge in [0.2, 0.25) is 0 Å². The second-order valence-electron chi connectivity index (χ2n) is 6.12. The van der Waals surface area contributed by atoms with Gasteiger partial charge in [-0.3, -0.25) is 0 Å². The molecule has 2 aliphatic carbocycles. The normalized spacial score (nSPS) is 46.9. The molecule has 2 aliphatic rings. The second kappa shape index (κ2) is 8.73. The van der Waals surface area contributed by atoms with Gasteiger partial charge in [-0.15, -0.1) is 0 Å². The first-order valence-corrected chi connectivity index (χ1v) is 8.06. The maximum absolute atomic E-state index is 9.62. The first-order valence-electron chi connectivity index (χ1n) is 7.59. The number of hydrogen-bond acceptors (Lipinski definition) is 6. The van der Waals surface area contributed by atoms with Crippen LogP contribution in [0, 0.1) is 11.8 Å². The molecule has 126 valence electrons. The van der Waals surface area contributed by atoms with Crippen LogP contribution >= 0.6 is 9.47 Å². The van der Waals surface area contributed by atoms with Crippen LogP contribution in [0.4, 0.5) is 0 Å². The van der Waals surface area contributed by atoms with Gasteiger partial charge in [0.15, 0.2) is 0 Å². The topological polar surface area (TPSA) is 110 Å². The summed E-state index contributed by atoms with van der Waals surface area (Å²) < 4.78 is 5.09. The van der Waals surface area contributed by atoms with Gasteiger partial charge in [0.1, 0.15) is 12.2 Å². The average Bonchev–Trinajstić information content (AvgIpc) is 2.77. The van der Waals surface area contributed by atoms with E-state index in [2.05, 4.69) is 23.3 Å². The predicted octanol–water partition coefficient (Wildman–Crippen LogP) is -0.188. The van der Waals surface area contributed by atoms with Crippen LogP contribution in [0.25, 0.3) is 0 Å². The molecule has 5 N–H and O–H groups in total. The minimum Gasteiger partial charge on any atom is -0.390 e. The van der Waals surface area contributed by atoms with Gasteiger partial charge in [0.25, 0.3) is 0 Å². The minimum absolute atomic E-state index is 0.0416. The molecule has 9 atom stereocenters. The number of aliphatic hydroxyl groups is 5. The van der Waals surface area contributed by atoms with E-state index >= 15 is 0 Å². The molecule has 6 nitrogen and oxygen atoms in total. The number of aliphatic hydroxyl groups excluding tert-OH is 5. The minimum atomic E-state index is -1.19. The van der Waals surface area contributed by atoms with Crippen LogP contribution in [-0.4, -0.2) is 62.2 Å². The summed E-state index contributed by atoms with van der Waals surface area (Å²) in [4.78, 5) is 0. The van der Waals surface area contributed by atoms with Crippen molar-refractivity contribution >= 4 is 9.47 Å². The Balaban J connectivity index is 0.000000211. The molecule has 0 amide bonds. The molecule has 8 unspecified atom stereocenters. The van der Waals surface area contributed by atoms with E-state index < -0.39 is 24.4 Å². The quantitative estimate of drug-likeness (QED) is 0.451. The summed E-state index contributed by atoms with van der Waals surface area (Å²) in [6.45, 7) is 4.27. The lowest BCUT2D eigenvalue weighted by Gasteiger charge is -2.31. The molecule has 2 rings (SSSR count). The lowest BCUT2D eigenvalue weighted by atomic mass is 9.90. The zero-order chi connectivity index (χ0) is 16.2. The number of hydrogen-bond donors (Lipinski definition) is 5. The maximum Gasteiger partial charge on any atom is 0.108 e. The summed E-state index contributed by atoms with van der Waals surface area (Å²) in [5, 5.41) is 45.4. The molecule has 2 saturated carbocycles. The predicted molar refractivity (Wildman–Crippen MR) is 81.4 cm³/mol. The lowest BCUT2D eigenvalue weighted by Crippen LogP contribution is -2.48. The Morgan fingerprint density at radius 1 is 0.952 bits per heavy atom. The Morgan fingerprint density at radius 3 is 1.71 bits per heavy atom. The third-order valence-electron chi connectivity index (χ3n) is 4.79. The summed E-state index contributed by atoms with van der Waals surface area (Å²) in [5.41, 5.74) is 0. The molecule has 0 spiro atoms. The van der Waals surface area contributed by atoms with E-state index in [1.165, 1.54) is 0 Å². The van der Waals surface area contributed by atoms with Gasteiger partial charge < -0.3 is 30.1 Å². The van der Waals surface area contributed by atoms with Crippen LogP contribution in [0.1, 0.15) is 39.5 Å². The van der Waals surface area contributed by atoms with Crippen LogP contribution < -0.4 is 0 Å². The van der Waals surface area contributed by atoms with Crippen LogP contribution in [-0.2, 0) is 4.52 Å². The summed E-state index contributed by atoms with van der Waals surface area (Å²) in [6, 6.07) is 0. The van der Waals surface area contributed by atoms with E-state index in [1.54, 1.807) is 0 Å². The van der Waals surface area contributed by atoms with E-state index in [1.807, 2.05) is 0 Å². The van der Waals surface area contributed by atoms with Gasteiger partial charge in [-0.1, -0.05) is 20.3 Å². The largest absolute Gasteiger partial charge is 0.390 e. The molecule has 0 aromatic rings. The Kier molecular flexibility index (Phi) is 7.99. The Morgan fingerprint density at radius 2 is 1.43 bits per heavy atom. The molecule has 0 heterocycles. The van der Waals surface area contributed by atoms with Crippen LogP contribution in [0.5, 0.6) is 0 Å². The fourth-order valence-corrected chi connectivity index (χ4v) is 3.35. The highest BCUT2D eigenvalue weighted by Crippen LogP contribution is 2.36. The van der Waals surface area contributed by atoms with E-state index in [9.17, 15) is 5.11 Å². The van der Waals surface area contributed by atoms with E-state index in [4.69, 9.17) is 24.9 Å². The van der Waals surface area contributed by atoms with Crippen molar-refractivity contribution in [1.82, 2.24) is 0 Å². The van der Waals surface area contributed by atoms with Crippen molar-refractivity contribution in [2.45, 2.75) is 76.2 Å². The molecule has 7 heteroatoms. The van der Waals surface area contributed by atoms with Crippen molar-refractivity contribution in [3.05, 3.63) is 0 Å². The third kappa shape index (κ3) is 4.83. The van der Waals surface area contributed by atoms with Crippen molar-refractivity contribution in [3.8, 4) is 0 Å². The molecule has 0 bridgehead atoms.